The molecule has 0 aliphatic carbocycles. The summed E-state index contributed by atoms with van der Waals surface area (Å²) in [6.45, 7) is 2.17. The van der Waals surface area contributed by atoms with Crippen LogP contribution in [0.2, 0.25) is 0 Å². The van der Waals surface area contributed by atoms with Gasteiger partial charge < -0.3 is 11.1 Å². The van der Waals surface area contributed by atoms with Crippen molar-refractivity contribution in [3.05, 3.63) is 69.6 Å². The SMILES string of the molecule is Cc1ccc(NC(=O)c2nnn(Cc3cccc(F)c3)c2N)c(Br)c1. The highest BCUT2D eigenvalue weighted by Gasteiger charge is 2.18. The van der Waals surface area contributed by atoms with Crippen molar-refractivity contribution in [2.45, 2.75) is 13.5 Å². The van der Waals surface area contributed by atoms with Crippen molar-refractivity contribution in [2.24, 2.45) is 0 Å². The molecule has 3 rings (SSSR count). The fourth-order valence-corrected chi connectivity index (χ4v) is 2.90. The summed E-state index contributed by atoms with van der Waals surface area (Å²) >= 11 is 3.40. The molecule has 0 unspecified atom stereocenters. The summed E-state index contributed by atoms with van der Waals surface area (Å²) in [6.07, 6.45) is 0. The lowest BCUT2D eigenvalue weighted by molar-refractivity contribution is 0.102. The number of halogens is 2. The molecule has 2 aromatic carbocycles. The molecule has 128 valence electrons. The van der Waals surface area contributed by atoms with E-state index in [1.54, 1.807) is 18.2 Å². The van der Waals surface area contributed by atoms with E-state index in [2.05, 4.69) is 31.6 Å². The first-order valence-electron chi connectivity index (χ1n) is 7.45. The second-order valence-corrected chi connectivity index (χ2v) is 6.40. The number of nitrogens with two attached hydrogens (primary N) is 1. The van der Waals surface area contributed by atoms with Crippen LogP contribution in [0.5, 0.6) is 0 Å². The maximum Gasteiger partial charge on any atom is 0.280 e. The minimum Gasteiger partial charge on any atom is -0.382 e. The van der Waals surface area contributed by atoms with E-state index in [4.69, 9.17) is 5.73 Å². The van der Waals surface area contributed by atoms with Crippen LogP contribution in [0.3, 0.4) is 0 Å². The highest BCUT2D eigenvalue weighted by molar-refractivity contribution is 9.10. The normalized spacial score (nSPS) is 10.7. The van der Waals surface area contributed by atoms with E-state index in [9.17, 15) is 9.18 Å². The van der Waals surface area contributed by atoms with Gasteiger partial charge in [-0.2, -0.15) is 0 Å². The Labute approximate surface area is 152 Å². The van der Waals surface area contributed by atoms with Gasteiger partial charge in [0.2, 0.25) is 0 Å². The van der Waals surface area contributed by atoms with Crippen molar-refractivity contribution in [3.63, 3.8) is 0 Å². The van der Waals surface area contributed by atoms with Gasteiger partial charge in [0.15, 0.2) is 11.5 Å². The number of aryl methyl sites for hydroxylation is 1. The molecule has 0 aliphatic rings. The van der Waals surface area contributed by atoms with Crippen LogP contribution in [-0.2, 0) is 6.54 Å². The fourth-order valence-electron chi connectivity index (χ4n) is 2.31. The van der Waals surface area contributed by atoms with Gasteiger partial charge in [-0.15, -0.1) is 5.10 Å². The molecule has 0 bridgehead atoms. The summed E-state index contributed by atoms with van der Waals surface area (Å²) in [5.74, 6) is -0.698. The van der Waals surface area contributed by atoms with Gasteiger partial charge in [-0.05, 0) is 58.2 Å². The Morgan fingerprint density at radius 3 is 2.84 bits per heavy atom. The Balaban J connectivity index is 1.79. The van der Waals surface area contributed by atoms with E-state index < -0.39 is 5.91 Å². The highest BCUT2D eigenvalue weighted by Crippen LogP contribution is 2.24. The van der Waals surface area contributed by atoms with E-state index in [0.717, 1.165) is 10.0 Å². The van der Waals surface area contributed by atoms with Crippen molar-refractivity contribution in [1.82, 2.24) is 15.0 Å². The quantitative estimate of drug-likeness (QED) is 0.698. The topological polar surface area (TPSA) is 85.8 Å². The van der Waals surface area contributed by atoms with E-state index in [1.165, 1.54) is 16.8 Å². The van der Waals surface area contributed by atoms with Gasteiger partial charge in [0.25, 0.3) is 5.91 Å². The Hall–Kier alpha value is -2.74. The maximum atomic E-state index is 13.3. The third kappa shape index (κ3) is 3.85. The predicted octanol–water partition coefficient (Wildman–Crippen LogP) is 3.37. The molecule has 6 nitrogen and oxygen atoms in total. The van der Waals surface area contributed by atoms with Crippen LogP contribution < -0.4 is 11.1 Å². The molecule has 25 heavy (non-hydrogen) atoms. The Bertz CT molecular complexity index is 941. The zero-order chi connectivity index (χ0) is 18.0. The summed E-state index contributed by atoms with van der Waals surface area (Å²) in [6, 6.07) is 11.6. The van der Waals surface area contributed by atoms with Gasteiger partial charge >= 0.3 is 0 Å². The lowest BCUT2D eigenvalue weighted by Crippen LogP contribution is -2.15. The molecule has 8 heteroatoms. The average molecular weight is 404 g/mol. The number of nitrogens with zero attached hydrogens (tertiary/aromatic N) is 3. The molecule has 0 atom stereocenters. The van der Waals surface area contributed by atoms with Gasteiger partial charge in [0.1, 0.15) is 5.82 Å². The molecule has 0 saturated heterocycles. The van der Waals surface area contributed by atoms with Crippen molar-refractivity contribution in [1.29, 1.82) is 0 Å². The summed E-state index contributed by atoms with van der Waals surface area (Å²) in [7, 11) is 0. The molecule has 0 radical (unpaired) electrons. The molecular weight excluding hydrogens is 389 g/mol. The number of nitrogen functional groups attached to an aromatic ring is 1. The number of carbonyl (C=O) groups excluding carboxylic acids is 1. The molecule has 3 N–H and O–H groups in total. The first-order chi connectivity index (χ1) is 11.9. The smallest absolute Gasteiger partial charge is 0.280 e. The van der Waals surface area contributed by atoms with Gasteiger partial charge in [-0.25, -0.2) is 9.07 Å². The Kier molecular flexibility index (Phi) is 4.80. The molecule has 0 fully saturated rings. The first-order valence-corrected chi connectivity index (χ1v) is 8.24. The minimum atomic E-state index is -0.465. The number of nitrogens with one attached hydrogen (secondary N) is 1. The number of carbonyl (C=O) groups is 1. The maximum absolute atomic E-state index is 13.3. The van der Waals surface area contributed by atoms with E-state index in [1.807, 2.05) is 19.1 Å². The van der Waals surface area contributed by atoms with Crippen LogP contribution >= 0.6 is 15.9 Å². The fraction of sp³-hybridized carbons (Fsp3) is 0.118. The summed E-state index contributed by atoms with van der Waals surface area (Å²) in [5.41, 5.74) is 8.33. The minimum absolute atomic E-state index is 0.0175. The highest BCUT2D eigenvalue weighted by atomic mass is 79.9. The molecule has 1 heterocycles. The third-order valence-corrected chi connectivity index (χ3v) is 4.24. The van der Waals surface area contributed by atoms with Gasteiger partial charge in [0, 0.05) is 4.47 Å². The molecule has 1 aromatic heterocycles. The van der Waals surface area contributed by atoms with Crippen molar-refractivity contribution in [2.75, 3.05) is 11.1 Å². The number of anilines is 2. The van der Waals surface area contributed by atoms with Crippen LogP contribution in [0.1, 0.15) is 21.6 Å². The average Bonchev–Trinajstić information content (AvgIpc) is 2.91. The lowest BCUT2D eigenvalue weighted by Gasteiger charge is -2.07. The molecule has 1 amide bonds. The number of rotatable bonds is 4. The van der Waals surface area contributed by atoms with Gasteiger partial charge in [-0.1, -0.05) is 23.4 Å². The van der Waals surface area contributed by atoms with Crippen LogP contribution in [0, 0.1) is 12.7 Å². The molecule has 0 aliphatic heterocycles. The number of amides is 1. The van der Waals surface area contributed by atoms with Crippen LogP contribution in [-0.4, -0.2) is 20.9 Å². The number of hydrogen-bond acceptors (Lipinski definition) is 4. The summed E-state index contributed by atoms with van der Waals surface area (Å²) in [4.78, 5) is 12.4. The van der Waals surface area contributed by atoms with E-state index in [-0.39, 0.29) is 23.9 Å². The monoisotopic (exact) mass is 403 g/mol. The van der Waals surface area contributed by atoms with Gasteiger partial charge in [-0.3, -0.25) is 4.79 Å². The second kappa shape index (κ2) is 7.02. The second-order valence-electron chi connectivity index (χ2n) is 5.55. The number of hydrogen-bond donors (Lipinski definition) is 2. The van der Waals surface area contributed by atoms with Crippen molar-refractivity contribution in [3.8, 4) is 0 Å². The van der Waals surface area contributed by atoms with Crippen LogP contribution in [0.15, 0.2) is 46.9 Å². The Morgan fingerprint density at radius 1 is 1.32 bits per heavy atom. The third-order valence-electron chi connectivity index (χ3n) is 3.58. The van der Waals surface area contributed by atoms with Gasteiger partial charge in [0.05, 0.1) is 12.2 Å². The summed E-state index contributed by atoms with van der Waals surface area (Å²) < 4.78 is 15.4. The first kappa shape index (κ1) is 17.1. The standard InChI is InChI=1S/C17H15BrFN5O/c1-10-5-6-14(13(18)7-10)21-17(25)15-16(20)24(23-22-15)9-11-3-2-4-12(19)8-11/h2-8H,9,20H2,1H3,(H,21,25). The van der Waals surface area contributed by atoms with Crippen molar-refractivity contribution < 1.29 is 9.18 Å². The molecular formula is C17H15BrFN5O. The predicted molar refractivity (Wildman–Crippen MR) is 96.8 cm³/mol. The largest absolute Gasteiger partial charge is 0.382 e. The molecule has 0 spiro atoms. The zero-order valence-electron chi connectivity index (χ0n) is 13.3. The van der Waals surface area contributed by atoms with E-state index >= 15 is 0 Å². The molecule has 3 aromatic rings. The van der Waals surface area contributed by atoms with Crippen molar-refractivity contribution >= 4 is 33.3 Å². The molecule has 0 saturated carbocycles. The van der Waals surface area contributed by atoms with Crippen LogP contribution in [0.25, 0.3) is 0 Å². The lowest BCUT2D eigenvalue weighted by atomic mass is 10.2. The summed E-state index contributed by atoms with van der Waals surface area (Å²) in [5, 5.41) is 10.5. The Morgan fingerprint density at radius 2 is 2.12 bits per heavy atom. The number of benzene rings is 2. The van der Waals surface area contributed by atoms with E-state index in [0.29, 0.717) is 11.3 Å². The zero-order valence-corrected chi connectivity index (χ0v) is 14.9. The number of aromatic nitrogens is 3. The van der Waals surface area contributed by atoms with Crippen LogP contribution in [0.4, 0.5) is 15.9 Å².